The molecule has 0 radical (unpaired) electrons. The van der Waals surface area contributed by atoms with Gasteiger partial charge in [-0.3, -0.25) is 4.79 Å². The number of hydrogen-bond donors (Lipinski definition) is 2. The zero-order chi connectivity index (χ0) is 13.2. The molecule has 0 saturated heterocycles. The summed E-state index contributed by atoms with van der Waals surface area (Å²) in [5.41, 5.74) is 7.19. The van der Waals surface area contributed by atoms with Gasteiger partial charge >= 0.3 is 0 Å². The van der Waals surface area contributed by atoms with Crippen LogP contribution in [-0.2, 0) is 11.3 Å². The molecule has 0 unspecified atom stereocenters. The van der Waals surface area contributed by atoms with Crippen LogP contribution in [0.1, 0.15) is 35.2 Å². The van der Waals surface area contributed by atoms with Crippen molar-refractivity contribution in [2.75, 3.05) is 20.3 Å². The summed E-state index contributed by atoms with van der Waals surface area (Å²) in [5.74, 6) is -0.0305. The summed E-state index contributed by atoms with van der Waals surface area (Å²) in [7, 11) is 1.70. The van der Waals surface area contributed by atoms with Crippen molar-refractivity contribution in [2.24, 2.45) is 5.73 Å². The Kier molecular flexibility index (Phi) is 7.06. The number of methoxy groups -OCH3 is 1. The van der Waals surface area contributed by atoms with E-state index in [2.05, 4.69) is 5.32 Å². The number of nitrogens with one attached hydrogen (secondary N) is 1. The molecule has 1 rings (SSSR count). The first kappa shape index (κ1) is 14.7. The number of hydrogen-bond acceptors (Lipinski definition) is 3. The molecule has 1 aromatic rings. The van der Waals surface area contributed by atoms with Gasteiger partial charge in [0.25, 0.3) is 5.91 Å². The molecule has 0 aliphatic rings. The van der Waals surface area contributed by atoms with Crippen LogP contribution >= 0.6 is 0 Å². The zero-order valence-electron chi connectivity index (χ0n) is 10.9. The van der Waals surface area contributed by atoms with Crippen molar-refractivity contribution in [3.8, 4) is 0 Å². The normalized spacial score (nSPS) is 10.3. The average Bonchev–Trinajstić information content (AvgIpc) is 2.42. The van der Waals surface area contributed by atoms with Crippen molar-refractivity contribution in [3.05, 3.63) is 35.4 Å². The Hall–Kier alpha value is -1.39. The van der Waals surface area contributed by atoms with E-state index in [9.17, 15) is 4.79 Å². The monoisotopic (exact) mass is 250 g/mol. The Morgan fingerprint density at radius 2 is 2.17 bits per heavy atom. The van der Waals surface area contributed by atoms with Crippen LogP contribution in [-0.4, -0.2) is 26.2 Å². The molecule has 1 aromatic carbocycles. The minimum Gasteiger partial charge on any atom is -0.385 e. The number of carbonyl (C=O) groups excluding carboxylic acids is 1. The average molecular weight is 250 g/mol. The second-order valence-corrected chi connectivity index (χ2v) is 4.21. The molecule has 0 aliphatic heterocycles. The molecular weight excluding hydrogens is 228 g/mol. The van der Waals surface area contributed by atoms with Gasteiger partial charge < -0.3 is 15.8 Å². The van der Waals surface area contributed by atoms with Crippen LogP contribution in [0.3, 0.4) is 0 Å². The smallest absolute Gasteiger partial charge is 0.251 e. The van der Waals surface area contributed by atoms with Gasteiger partial charge in [-0.25, -0.2) is 0 Å². The van der Waals surface area contributed by atoms with Crippen LogP contribution in [0.15, 0.2) is 24.3 Å². The predicted molar refractivity (Wildman–Crippen MR) is 72.4 cm³/mol. The summed E-state index contributed by atoms with van der Waals surface area (Å²) < 4.78 is 4.97. The lowest BCUT2D eigenvalue weighted by Crippen LogP contribution is -2.24. The van der Waals surface area contributed by atoms with E-state index < -0.39 is 0 Å². The molecule has 0 heterocycles. The fraction of sp³-hybridized carbons (Fsp3) is 0.500. The topological polar surface area (TPSA) is 64.3 Å². The number of rotatable bonds is 8. The van der Waals surface area contributed by atoms with Crippen molar-refractivity contribution in [1.29, 1.82) is 0 Å². The Morgan fingerprint density at radius 1 is 1.33 bits per heavy atom. The fourth-order valence-corrected chi connectivity index (χ4v) is 1.69. The minimum absolute atomic E-state index is 0.0305. The highest BCUT2D eigenvalue weighted by atomic mass is 16.5. The third-order valence-corrected chi connectivity index (χ3v) is 2.74. The predicted octanol–water partition coefficient (Wildman–Crippen LogP) is 1.69. The van der Waals surface area contributed by atoms with Crippen LogP contribution in [0, 0.1) is 0 Å². The van der Waals surface area contributed by atoms with Crippen LogP contribution in [0.5, 0.6) is 0 Å². The lowest BCUT2D eigenvalue weighted by molar-refractivity contribution is 0.0952. The molecule has 0 spiro atoms. The van der Waals surface area contributed by atoms with E-state index in [-0.39, 0.29) is 5.91 Å². The summed E-state index contributed by atoms with van der Waals surface area (Å²) in [6.45, 7) is 1.94. The van der Waals surface area contributed by atoms with Gasteiger partial charge in [0.2, 0.25) is 0 Å². The first-order chi connectivity index (χ1) is 8.77. The van der Waals surface area contributed by atoms with Crippen LogP contribution < -0.4 is 11.1 Å². The lowest BCUT2D eigenvalue weighted by atomic mass is 10.1. The van der Waals surface area contributed by atoms with Gasteiger partial charge in [-0.05, 0) is 37.0 Å². The van der Waals surface area contributed by atoms with E-state index in [1.165, 1.54) is 0 Å². The third kappa shape index (κ3) is 5.29. The second kappa shape index (κ2) is 8.66. The highest BCUT2D eigenvalue weighted by molar-refractivity contribution is 5.94. The highest BCUT2D eigenvalue weighted by Gasteiger charge is 2.04. The molecule has 0 aromatic heterocycles. The SMILES string of the molecule is COCCCCCNC(=O)c1cccc(CN)c1. The molecule has 4 heteroatoms. The van der Waals surface area contributed by atoms with Gasteiger partial charge in [-0.1, -0.05) is 12.1 Å². The number of benzene rings is 1. The highest BCUT2D eigenvalue weighted by Crippen LogP contribution is 2.04. The van der Waals surface area contributed by atoms with Crippen molar-refractivity contribution in [2.45, 2.75) is 25.8 Å². The van der Waals surface area contributed by atoms with Crippen LogP contribution in [0.2, 0.25) is 0 Å². The Morgan fingerprint density at radius 3 is 2.89 bits per heavy atom. The third-order valence-electron chi connectivity index (χ3n) is 2.74. The summed E-state index contributed by atoms with van der Waals surface area (Å²) in [4.78, 5) is 11.8. The first-order valence-electron chi connectivity index (χ1n) is 6.34. The van der Waals surface area contributed by atoms with Gasteiger partial charge in [0.05, 0.1) is 0 Å². The van der Waals surface area contributed by atoms with Gasteiger partial charge in [-0.15, -0.1) is 0 Å². The van der Waals surface area contributed by atoms with E-state index in [4.69, 9.17) is 10.5 Å². The molecule has 0 bridgehead atoms. The van der Waals surface area contributed by atoms with Crippen LogP contribution in [0.25, 0.3) is 0 Å². The van der Waals surface area contributed by atoms with Gasteiger partial charge in [0, 0.05) is 32.4 Å². The Balaban J connectivity index is 2.27. The molecule has 4 nitrogen and oxygen atoms in total. The zero-order valence-corrected chi connectivity index (χ0v) is 10.9. The Bertz CT molecular complexity index is 367. The van der Waals surface area contributed by atoms with Gasteiger partial charge in [0.1, 0.15) is 0 Å². The second-order valence-electron chi connectivity index (χ2n) is 4.21. The molecular formula is C14H22N2O2. The number of ether oxygens (including phenoxy) is 1. The molecule has 0 saturated carbocycles. The summed E-state index contributed by atoms with van der Waals surface area (Å²) in [6.07, 6.45) is 3.08. The number of carbonyl (C=O) groups is 1. The van der Waals surface area contributed by atoms with Crippen molar-refractivity contribution < 1.29 is 9.53 Å². The lowest BCUT2D eigenvalue weighted by Gasteiger charge is -2.06. The minimum atomic E-state index is -0.0305. The van der Waals surface area contributed by atoms with Crippen molar-refractivity contribution in [3.63, 3.8) is 0 Å². The molecule has 0 aliphatic carbocycles. The largest absolute Gasteiger partial charge is 0.385 e. The maximum Gasteiger partial charge on any atom is 0.251 e. The van der Waals surface area contributed by atoms with E-state index in [0.29, 0.717) is 18.7 Å². The molecule has 100 valence electrons. The van der Waals surface area contributed by atoms with Gasteiger partial charge in [-0.2, -0.15) is 0 Å². The number of nitrogens with two attached hydrogens (primary N) is 1. The van der Waals surface area contributed by atoms with E-state index >= 15 is 0 Å². The Labute approximate surface area is 109 Å². The molecule has 3 N–H and O–H groups in total. The molecule has 18 heavy (non-hydrogen) atoms. The van der Waals surface area contributed by atoms with E-state index in [1.54, 1.807) is 13.2 Å². The van der Waals surface area contributed by atoms with E-state index in [1.807, 2.05) is 18.2 Å². The first-order valence-corrected chi connectivity index (χ1v) is 6.34. The molecule has 0 fully saturated rings. The molecule has 0 atom stereocenters. The standard InChI is InChI=1S/C14H22N2O2/c1-18-9-4-2-3-8-16-14(17)13-7-5-6-12(10-13)11-15/h5-7,10H,2-4,8-9,11,15H2,1H3,(H,16,17). The summed E-state index contributed by atoms with van der Waals surface area (Å²) in [6, 6.07) is 7.41. The number of amides is 1. The van der Waals surface area contributed by atoms with Crippen LogP contribution in [0.4, 0.5) is 0 Å². The number of unbranched alkanes of at least 4 members (excludes halogenated alkanes) is 2. The maximum atomic E-state index is 11.8. The van der Waals surface area contributed by atoms with Crippen molar-refractivity contribution >= 4 is 5.91 Å². The van der Waals surface area contributed by atoms with E-state index in [0.717, 1.165) is 31.4 Å². The van der Waals surface area contributed by atoms with Gasteiger partial charge in [0.15, 0.2) is 0 Å². The quantitative estimate of drug-likeness (QED) is 0.690. The summed E-state index contributed by atoms with van der Waals surface area (Å²) in [5, 5.41) is 2.91. The molecule has 1 amide bonds. The maximum absolute atomic E-state index is 11.8. The summed E-state index contributed by atoms with van der Waals surface area (Å²) >= 11 is 0. The fourth-order valence-electron chi connectivity index (χ4n) is 1.69. The van der Waals surface area contributed by atoms with Crippen molar-refractivity contribution in [1.82, 2.24) is 5.32 Å².